The monoisotopic (exact) mass is 248 g/mol. The number of aromatic nitrogens is 2. The molecule has 0 aromatic carbocycles. The van der Waals surface area contributed by atoms with Crippen molar-refractivity contribution in [2.45, 2.75) is 38.3 Å². The van der Waals surface area contributed by atoms with E-state index in [-0.39, 0.29) is 11.9 Å². The van der Waals surface area contributed by atoms with Gasteiger partial charge in [-0.1, -0.05) is 6.42 Å². The molecule has 18 heavy (non-hydrogen) atoms. The Morgan fingerprint density at radius 1 is 1.50 bits per heavy atom. The van der Waals surface area contributed by atoms with Gasteiger partial charge in [-0.2, -0.15) is 0 Å². The number of rotatable bonds is 3. The summed E-state index contributed by atoms with van der Waals surface area (Å²) < 4.78 is 6.68. The van der Waals surface area contributed by atoms with Crippen LogP contribution in [0.25, 0.3) is 11.2 Å². The number of aliphatic hydroxyl groups is 1. The molecule has 5 heteroatoms. The molecule has 0 amide bonds. The molecule has 1 aliphatic rings. The molecule has 0 saturated heterocycles. The number of nitrogens with zero attached hydrogens (tertiary/aromatic N) is 2. The van der Waals surface area contributed by atoms with Crippen LogP contribution >= 0.6 is 0 Å². The van der Waals surface area contributed by atoms with Crippen molar-refractivity contribution >= 4 is 11.2 Å². The van der Waals surface area contributed by atoms with Crippen LogP contribution in [0.1, 0.15) is 25.7 Å². The number of pyridine rings is 1. The number of aliphatic hydroxyl groups excluding tert-OH is 1. The summed E-state index contributed by atoms with van der Waals surface area (Å²) in [5.74, 6) is -0.0678. The van der Waals surface area contributed by atoms with Crippen LogP contribution in [-0.4, -0.2) is 20.8 Å². The highest BCUT2D eigenvalue weighted by Gasteiger charge is 2.25. The van der Waals surface area contributed by atoms with E-state index in [9.17, 15) is 9.90 Å². The number of fused-ring (bicyclic) bond motifs is 1. The molecule has 2 atom stereocenters. The Morgan fingerprint density at radius 2 is 2.39 bits per heavy atom. The highest BCUT2D eigenvalue weighted by Crippen LogP contribution is 2.28. The van der Waals surface area contributed by atoms with Crippen LogP contribution < -0.4 is 5.76 Å². The lowest BCUT2D eigenvalue weighted by Gasteiger charge is -2.13. The van der Waals surface area contributed by atoms with Crippen molar-refractivity contribution < 1.29 is 9.52 Å². The fourth-order valence-electron chi connectivity index (χ4n) is 2.75. The van der Waals surface area contributed by atoms with Gasteiger partial charge in [0, 0.05) is 12.7 Å². The number of aryl methyl sites for hydroxylation is 1. The summed E-state index contributed by atoms with van der Waals surface area (Å²) in [5.41, 5.74) is 1.12. The summed E-state index contributed by atoms with van der Waals surface area (Å²) in [6, 6.07) is 3.49. The van der Waals surface area contributed by atoms with E-state index in [0.29, 0.717) is 23.7 Å². The third-order valence-corrected chi connectivity index (χ3v) is 3.77. The van der Waals surface area contributed by atoms with Gasteiger partial charge in [0.15, 0.2) is 11.2 Å². The van der Waals surface area contributed by atoms with Gasteiger partial charge in [-0.05, 0) is 37.3 Å². The highest BCUT2D eigenvalue weighted by atomic mass is 16.4. The van der Waals surface area contributed by atoms with Gasteiger partial charge >= 0.3 is 5.76 Å². The summed E-state index contributed by atoms with van der Waals surface area (Å²) in [7, 11) is 0. The molecule has 0 radical (unpaired) electrons. The maximum absolute atomic E-state index is 11.7. The molecule has 0 aliphatic heterocycles. The third kappa shape index (κ3) is 1.95. The number of hydrogen-bond acceptors (Lipinski definition) is 4. The van der Waals surface area contributed by atoms with Crippen molar-refractivity contribution in [1.29, 1.82) is 0 Å². The zero-order valence-corrected chi connectivity index (χ0v) is 10.1. The second kappa shape index (κ2) is 4.57. The molecule has 96 valence electrons. The largest absolute Gasteiger partial charge is 0.421 e. The minimum absolute atomic E-state index is 0.216. The number of oxazole rings is 1. The second-order valence-corrected chi connectivity index (χ2v) is 4.89. The van der Waals surface area contributed by atoms with Crippen LogP contribution in [0.3, 0.4) is 0 Å². The average molecular weight is 248 g/mol. The van der Waals surface area contributed by atoms with Crippen LogP contribution in [0, 0.1) is 5.92 Å². The van der Waals surface area contributed by atoms with Gasteiger partial charge in [0.25, 0.3) is 0 Å². The first-order valence-electron chi connectivity index (χ1n) is 6.38. The molecule has 0 spiro atoms. The Morgan fingerprint density at radius 3 is 3.17 bits per heavy atom. The Bertz CT molecular complexity index is 602. The van der Waals surface area contributed by atoms with E-state index < -0.39 is 0 Å². The lowest BCUT2D eigenvalue weighted by Crippen LogP contribution is -2.20. The van der Waals surface area contributed by atoms with E-state index >= 15 is 0 Å². The lowest BCUT2D eigenvalue weighted by atomic mass is 10.0. The Kier molecular flexibility index (Phi) is 2.91. The van der Waals surface area contributed by atoms with Crippen LogP contribution in [0.2, 0.25) is 0 Å². The Balaban J connectivity index is 1.82. The van der Waals surface area contributed by atoms with Gasteiger partial charge in [0.2, 0.25) is 0 Å². The van der Waals surface area contributed by atoms with Crippen LogP contribution in [0.5, 0.6) is 0 Å². The maximum atomic E-state index is 11.7. The summed E-state index contributed by atoms with van der Waals surface area (Å²) in [6.07, 6.45) is 5.23. The van der Waals surface area contributed by atoms with E-state index in [1.54, 1.807) is 22.9 Å². The molecule has 1 N–H and O–H groups in total. The second-order valence-electron chi connectivity index (χ2n) is 4.89. The molecule has 2 aromatic rings. The fraction of sp³-hybridized carbons (Fsp3) is 0.538. The molecule has 0 bridgehead atoms. The summed E-state index contributed by atoms with van der Waals surface area (Å²) in [6.45, 7) is 0.560. The lowest BCUT2D eigenvalue weighted by molar-refractivity contribution is 0.125. The van der Waals surface area contributed by atoms with Gasteiger partial charge in [-0.3, -0.25) is 4.57 Å². The molecule has 1 saturated carbocycles. The summed E-state index contributed by atoms with van der Waals surface area (Å²) in [4.78, 5) is 15.9. The van der Waals surface area contributed by atoms with E-state index in [1.807, 2.05) is 0 Å². The predicted octanol–water partition coefficient (Wildman–Crippen LogP) is 1.54. The smallest absolute Gasteiger partial charge is 0.406 e. The standard InChI is InChI=1S/C13H16N2O3/c16-10-4-1-3-9(10)6-8-15-12-11(18-13(15)17)5-2-7-14-12/h2,5,7,9-10,16H,1,3-4,6,8H2. The summed E-state index contributed by atoms with van der Waals surface area (Å²) >= 11 is 0. The van der Waals surface area contributed by atoms with E-state index in [0.717, 1.165) is 25.7 Å². The predicted molar refractivity (Wildman–Crippen MR) is 66.2 cm³/mol. The molecule has 2 heterocycles. The zero-order chi connectivity index (χ0) is 12.5. The van der Waals surface area contributed by atoms with Gasteiger partial charge in [-0.15, -0.1) is 0 Å². The summed E-state index contributed by atoms with van der Waals surface area (Å²) in [5, 5.41) is 9.77. The first-order chi connectivity index (χ1) is 8.75. The normalized spacial score (nSPS) is 23.8. The van der Waals surface area contributed by atoms with Crippen LogP contribution in [0.15, 0.2) is 27.5 Å². The molecular formula is C13H16N2O3. The van der Waals surface area contributed by atoms with Crippen LogP contribution in [0.4, 0.5) is 0 Å². The molecular weight excluding hydrogens is 232 g/mol. The molecule has 2 aromatic heterocycles. The molecule has 1 aliphatic carbocycles. The molecule has 3 rings (SSSR count). The van der Waals surface area contributed by atoms with Crippen molar-refractivity contribution in [2.24, 2.45) is 5.92 Å². The minimum Gasteiger partial charge on any atom is -0.406 e. The van der Waals surface area contributed by atoms with E-state index in [2.05, 4.69) is 4.98 Å². The third-order valence-electron chi connectivity index (χ3n) is 3.77. The quantitative estimate of drug-likeness (QED) is 0.894. The fourth-order valence-corrected chi connectivity index (χ4v) is 2.75. The van der Waals surface area contributed by atoms with Gasteiger partial charge in [0.1, 0.15) is 0 Å². The van der Waals surface area contributed by atoms with Crippen LogP contribution in [-0.2, 0) is 6.54 Å². The van der Waals surface area contributed by atoms with Crippen molar-refractivity contribution in [2.75, 3.05) is 0 Å². The Labute approximate surface area is 104 Å². The number of hydrogen-bond donors (Lipinski definition) is 1. The van der Waals surface area contributed by atoms with Gasteiger partial charge < -0.3 is 9.52 Å². The zero-order valence-electron chi connectivity index (χ0n) is 10.1. The van der Waals surface area contributed by atoms with Gasteiger partial charge in [0.05, 0.1) is 6.10 Å². The Hall–Kier alpha value is -1.62. The van der Waals surface area contributed by atoms with Crippen molar-refractivity contribution in [3.05, 3.63) is 28.9 Å². The topological polar surface area (TPSA) is 68.3 Å². The molecule has 2 unspecified atom stereocenters. The minimum atomic E-state index is -0.365. The molecule has 1 fully saturated rings. The molecule has 5 nitrogen and oxygen atoms in total. The van der Waals surface area contributed by atoms with Gasteiger partial charge in [-0.25, -0.2) is 9.78 Å². The first kappa shape index (κ1) is 11.5. The van der Waals surface area contributed by atoms with Crippen molar-refractivity contribution in [3.63, 3.8) is 0 Å². The average Bonchev–Trinajstić information content (AvgIpc) is 2.90. The first-order valence-corrected chi connectivity index (χ1v) is 6.38. The SMILES string of the molecule is O=c1oc2cccnc2n1CCC1CCCC1O. The maximum Gasteiger partial charge on any atom is 0.421 e. The van der Waals surface area contributed by atoms with E-state index in [4.69, 9.17) is 4.42 Å². The van der Waals surface area contributed by atoms with Crippen molar-refractivity contribution in [1.82, 2.24) is 9.55 Å². The van der Waals surface area contributed by atoms with E-state index in [1.165, 1.54) is 0 Å². The highest BCUT2D eigenvalue weighted by molar-refractivity contribution is 5.67. The van der Waals surface area contributed by atoms with Crippen molar-refractivity contribution in [3.8, 4) is 0 Å².